The van der Waals surface area contributed by atoms with Crippen molar-refractivity contribution < 1.29 is 8.78 Å². The molecule has 1 atom stereocenters. The van der Waals surface area contributed by atoms with Crippen molar-refractivity contribution in [3.05, 3.63) is 46.0 Å². The van der Waals surface area contributed by atoms with E-state index in [9.17, 15) is 8.78 Å². The summed E-state index contributed by atoms with van der Waals surface area (Å²) in [4.78, 5) is 0. The molecule has 1 N–H and O–H groups in total. The summed E-state index contributed by atoms with van der Waals surface area (Å²) < 4.78 is 28.0. The van der Waals surface area contributed by atoms with E-state index in [1.807, 2.05) is 0 Å². The van der Waals surface area contributed by atoms with Crippen LogP contribution in [-0.4, -0.2) is 6.54 Å². The van der Waals surface area contributed by atoms with Crippen LogP contribution in [0.5, 0.6) is 0 Å². The third kappa shape index (κ3) is 4.27. The molecule has 2 rings (SSSR count). The number of allylic oxidation sites excluding steroid dienone is 1. The molecule has 1 nitrogen and oxygen atoms in total. The average molecular weight is 314 g/mol. The van der Waals surface area contributed by atoms with Gasteiger partial charge in [0.2, 0.25) is 0 Å². The predicted molar refractivity (Wildman–Crippen MR) is 83.6 cm³/mol. The van der Waals surface area contributed by atoms with Crippen molar-refractivity contribution >= 4 is 11.6 Å². The first-order valence-electron chi connectivity index (χ1n) is 7.70. The van der Waals surface area contributed by atoms with Crippen LogP contribution < -0.4 is 5.32 Å². The standard InChI is InChI=1S/C17H22ClF2N/c1-2-9-21-17(12-7-5-3-4-6-8-12)13-10-16(20)14(18)11-15(13)19/h7,10-11,17,21H,2-6,8-9H2,1H3. The summed E-state index contributed by atoms with van der Waals surface area (Å²) in [7, 11) is 0. The first kappa shape index (κ1) is 16.4. The lowest BCUT2D eigenvalue weighted by atomic mass is 9.94. The van der Waals surface area contributed by atoms with Crippen LogP contribution in [-0.2, 0) is 0 Å². The number of hydrogen-bond acceptors (Lipinski definition) is 1. The largest absolute Gasteiger partial charge is 0.306 e. The molecule has 1 aromatic rings. The van der Waals surface area contributed by atoms with Crippen molar-refractivity contribution in [2.24, 2.45) is 0 Å². The van der Waals surface area contributed by atoms with Gasteiger partial charge >= 0.3 is 0 Å². The average Bonchev–Trinajstić information content (AvgIpc) is 2.74. The highest BCUT2D eigenvalue weighted by molar-refractivity contribution is 6.30. The molecule has 0 saturated carbocycles. The minimum absolute atomic E-state index is 0.166. The summed E-state index contributed by atoms with van der Waals surface area (Å²) in [6.45, 7) is 2.83. The van der Waals surface area contributed by atoms with Gasteiger partial charge in [-0.2, -0.15) is 0 Å². The number of nitrogens with one attached hydrogen (secondary N) is 1. The van der Waals surface area contributed by atoms with E-state index in [0.29, 0.717) is 5.56 Å². The molecule has 0 spiro atoms. The van der Waals surface area contributed by atoms with Crippen LogP contribution in [0.25, 0.3) is 0 Å². The molecule has 0 heterocycles. The molecule has 0 saturated heterocycles. The number of halogens is 3. The van der Waals surface area contributed by atoms with E-state index in [0.717, 1.165) is 38.3 Å². The molecule has 0 bridgehead atoms. The van der Waals surface area contributed by atoms with Gasteiger partial charge in [-0.25, -0.2) is 8.78 Å². The zero-order valence-electron chi connectivity index (χ0n) is 12.4. The van der Waals surface area contributed by atoms with Gasteiger partial charge in [0.1, 0.15) is 11.6 Å². The van der Waals surface area contributed by atoms with Gasteiger partial charge in [-0.3, -0.25) is 0 Å². The van der Waals surface area contributed by atoms with E-state index in [-0.39, 0.29) is 11.1 Å². The molecule has 21 heavy (non-hydrogen) atoms. The van der Waals surface area contributed by atoms with Crippen molar-refractivity contribution in [2.45, 2.75) is 51.5 Å². The summed E-state index contributed by atoms with van der Waals surface area (Å²) in [5.74, 6) is -1.01. The lowest BCUT2D eigenvalue weighted by Crippen LogP contribution is -2.25. The highest BCUT2D eigenvalue weighted by Gasteiger charge is 2.22. The minimum Gasteiger partial charge on any atom is -0.306 e. The SMILES string of the molecule is CCCNC(C1=CCCCCC1)c1cc(F)c(Cl)cc1F. The maximum Gasteiger partial charge on any atom is 0.142 e. The van der Waals surface area contributed by atoms with Crippen LogP contribution in [0.2, 0.25) is 5.02 Å². The molecule has 1 unspecified atom stereocenters. The first-order valence-corrected chi connectivity index (χ1v) is 8.08. The van der Waals surface area contributed by atoms with Crippen LogP contribution in [0.3, 0.4) is 0 Å². The number of rotatable bonds is 5. The summed E-state index contributed by atoms with van der Waals surface area (Å²) in [6.07, 6.45) is 8.55. The monoisotopic (exact) mass is 313 g/mol. The van der Waals surface area contributed by atoms with E-state index in [1.54, 1.807) is 0 Å². The van der Waals surface area contributed by atoms with Gasteiger partial charge in [0.25, 0.3) is 0 Å². The highest BCUT2D eigenvalue weighted by Crippen LogP contribution is 2.32. The van der Waals surface area contributed by atoms with Gasteiger partial charge in [0, 0.05) is 5.56 Å². The maximum absolute atomic E-state index is 14.2. The lowest BCUT2D eigenvalue weighted by Gasteiger charge is -2.23. The summed E-state index contributed by atoms with van der Waals surface area (Å²) in [5, 5.41) is 3.19. The predicted octanol–water partition coefficient (Wildman–Crippen LogP) is 5.55. The Morgan fingerprint density at radius 1 is 1.19 bits per heavy atom. The Labute approximate surface area is 130 Å². The molecule has 0 aromatic heterocycles. The Hall–Kier alpha value is -0.930. The van der Waals surface area contributed by atoms with Crippen LogP contribution in [0.15, 0.2) is 23.8 Å². The summed E-state index contributed by atoms with van der Waals surface area (Å²) >= 11 is 5.66. The van der Waals surface area contributed by atoms with Crippen molar-refractivity contribution in [2.75, 3.05) is 6.54 Å². The van der Waals surface area contributed by atoms with E-state index >= 15 is 0 Å². The van der Waals surface area contributed by atoms with Crippen LogP contribution >= 0.6 is 11.6 Å². The molecular formula is C17H22ClF2N. The van der Waals surface area contributed by atoms with E-state index in [2.05, 4.69) is 18.3 Å². The zero-order valence-corrected chi connectivity index (χ0v) is 13.1. The molecule has 0 fully saturated rings. The van der Waals surface area contributed by atoms with Crippen molar-refractivity contribution in [3.8, 4) is 0 Å². The highest BCUT2D eigenvalue weighted by atomic mass is 35.5. The Kier molecular flexibility index (Phi) is 6.19. The van der Waals surface area contributed by atoms with E-state index in [4.69, 9.17) is 11.6 Å². The Bertz CT molecular complexity index is 514. The van der Waals surface area contributed by atoms with E-state index in [1.165, 1.54) is 24.5 Å². The molecule has 1 aliphatic carbocycles. The van der Waals surface area contributed by atoms with Gasteiger partial charge in [-0.05, 0) is 50.8 Å². The molecule has 0 radical (unpaired) electrons. The Morgan fingerprint density at radius 2 is 2.00 bits per heavy atom. The fraction of sp³-hybridized carbons (Fsp3) is 0.529. The maximum atomic E-state index is 14.2. The third-order valence-electron chi connectivity index (χ3n) is 3.90. The summed E-state index contributed by atoms with van der Waals surface area (Å²) in [5.41, 5.74) is 1.53. The normalized spacial score (nSPS) is 17.2. The van der Waals surface area contributed by atoms with E-state index < -0.39 is 11.6 Å². The molecular weight excluding hydrogens is 292 g/mol. The smallest absolute Gasteiger partial charge is 0.142 e. The second-order valence-corrected chi connectivity index (χ2v) is 5.96. The topological polar surface area (TPSA) is 12.0 Å². The van der Waals surface area contributed by atoms with Crippen molar-refractivity contribution in [1.82, 2.24) is 5.32 Å². The number of benzene rings is 1. The fourth-order valence-corrected chi connectivity index (χ4v) is 2.94. The number of hydrogen-bond donors (Lipinski definition) is 1. The van der Waals surface area contributed by atoms with Gasteiger partial charge < -0.3 is 5.32 Å². The zero-order chi connectivity index (χ0) is 15.2. The molecule has 4 heteroatoms. The third-order valence-corrected chi connectivity index (χ3v) is 4.19. The van der Waals surface area contributed by atoms with Gasteiger partial charge in [-0.1, -0.05) is 36.6 Å². The second kappa shape index (κ2) is 7.90. The van der Waals surface area contributed by atoms with Gasteiger partial charge in [0.05, 0.1) is 11.1 Å². The van der Waals surface area contributed by atoms with Gasteiger partial charge in [0.15, 0.2) is 0 Å². The Balaban J connectivity index is 2.35. The molecule has 0 aliphatic heterocycles. The first-order chi connectivity index (χ1) is 10.1. The second-order valence-electron chi connectivity index (χ2n) is 5.55. The minimum atomic E-state index is -0.564. The fourth-order valence-electron chi connectivity index (χ4n) is 2.79. The van der Waals surface area contributed by atoms with Crippen molar-refractivity contribution in [1.29, 1.82) is 0 Å². The Morgan fingerprint density at radius 3 is 2.76 bits per heavy atom. The molecule has 1 aliphatic rings. The van der Waals surface area contributed by atoms with Gasteiger partial charge in [-0.15, -0.1) is 0 Å². The van der Waals surface area contributed by atoms with Crippen molar-refractivity contribution in [3.63, 3.8) is 0 Å². The lowest BCUT2D eigenvalue weighted by molar-refractivity contribution is 0.519. The van der Waals surface area contributed by atoms with Crippen LogP contribution in [0.4, 0.5) is 8.78 Å². The molecule has 116 valence electrons. The van der Waals surface area contributed by atoms with Crippen LogP contribution in [0.1, 0.15) is 57.1 Å². The summed E-state index contributed by atoms with van der Waals surface area (Å²) in [6, 6.07) is 2.05. The van der Waals surface area contributed by atoms with Crippen LogP contribution in [0, 0.1) is 11.6 Å². The quantitative estimate of drug-likeness (QED) is 0.555. The molecule has 0 amide bonds. The molecule has 1 aromatic carbocycles.